The lowest BCUT2D eigenvalue weighted by Gasteiger charge is -2.09. The minimum absolute atomic E-state index is 0.139. The number of aromatic nitrogens is 5. The van der Waals surface area contributed by atoms with E-state index in [4.69, 9.17) is 4.74 Å². The molecule has 2 heterocycles. The number of rotatable bonds is 11. The van der Waals surface area contributed by atoms with Gasteiger partial charge in [0.05, 0.1) is 12.4 Å². The molecular formula is C20H26N6O2S2. The van der Waals surface area contributed by atoms with E-state index >= 15 is 0 Å². The maximum atomic E-state index is 12.2. The number of carbonyl (C=O) groups is 1. The van der Waals surface area contributed by atoms with Crippen molar-refractivity contribution in [1.29, 1.82) is 0 Å². The second-order valence-corrected chi connectivity index (χ2v) is 8.47. The minimum atomic E-state index is -0.139. The van der Waals surface area contributed by atoms with Crippen LogP contribution in [-0.2, 0) is 17.8 Å². The summed E-state index contributed by atoms with van der Waals surface area (Å²) in [6.07, 6.45) is 2.95. The lowest BCUT2D eigenvalue weighted by atomic mass is 10.2. The molecule has 0 aliphatic carbocycles. The Labute approximate surface area is 184 Å². The Morgan fingerprint density at radius 2 is 1.93 bits per heavy atom. The van der Waals surface area contributed by atoms with E-state index in [9.17, 15) is 4.79 Å². The summed E-state index contributed by atoms with van der Waals surface area (Å²) in [5, 5.41) is 21.5. The largest absolute Gasteiger partial charge is 0.494 e. The number of nitrogens with one attached hydrogen (secondary N) is 1. The Bertz CT molecular complexity index is 955. The molecule has 0 aliphatic rings. The van der Waals surface area contributed by atoms with Gasteiger partial charge in [-0.05, 0) is 44.0 Å². The molecule has 160 valence electrons. The zero-order valence-electron chi connectivity index (χ0n) is 17.4. The van der Waals surface area contributed by atoms with Gasteiger partial charge in [-0.2, -0.15) is 0 Å². The van der Waals surface area contributed by atoms with Gasteiger partial charge in [0.2, 0.25) is 11.0 Å². The van der Waals surface area contributed by atoms with E-state index in [0.717, 1.165) is 48.0 Å². The molecule has 1 aromatic carbocycles. The van der Waals surface area contributed by atoms with E-state index in [2.05, 4.69) is 32.6 Å². The molecule has 0 fully saturated rings. The van der Waals surface area contributed by atoms with E-state index in [0.29, 0.717) is 16.8 Å². The molecule has 0 unspecified atom stereocenters. The lowest BCUT2D eigenvalue weighted by Crippen LogP contribution is -2.14. The number of hydrogen-bond acceptors (Lipinski definition) is 8. The summed E-state index contributed by atoms with van der Waals surface area (Å²) in [7, 11) is 0. The van der Waals surface area contributed by atoms with Crippen LogP contribution < -0.4 is 10.1 Å². The van der Waals surface area contributed by atoms with Crippen LogP contribution in [-0.4, -0.2) is 43.2 Å². The third-order valence-electron chi connectivity index (χ3n) is 4.26. The first-order valence-electron chi connectivity index (χ1n) is 10.1. The van der Waals surface area contributed by atoms with Crippen molar-refractivity contribution < 1.29 is 9.53 Å². The topological polar surface area (TPSA) is 94.8 Å². The summed E-state index contributed by atoms with van der Waals surface area (Å²) in [6, 6.07) is 7.87. The number of nitrogens with zero attached hydrogens (tertiary/aromatic N) is 5. The molecule has 0 aliphatic heterocycles. The van der Waals surface area contributed by atoms with Crippen LogP contribution in [0.2, 0.25) is 0 Å². The van der Waals surface area contributed by atoms with Gasteiger partial charge in [0.15, 0.2) is 11.0 Å². The predicted octanol–water partition coefficient (Wildman–Crippen LogP) is 4.29. The summed E-state index contributed by atoms with van der Waals surface area (Å²) in [5.74, 6) is 1.71. The fourth-order valence-electron chi connectivity index (χ4n) is 2.66. The highest BCUT2D eigenvalue weighted by Gasteiger charge is 2.15. The summed E-state index contributed by atoms with van der Waals surface area (Å²) < 4.78 is 7.73. The summed E-state index contributed by atoms with van der Waals surface area (Å²) in [4.78, 5) is 12.2. The maximum Gasteiger partial charge on any atom is 0.236 e. The van der Waals surface area contributed by atoms with Crippen molar-refractivity contribution in [1.82, 2.24) is 25.0 Å². The molecule has 8 nitrogen and oxygen atoms in total. The normalized spacial score (nSPS) is 10.9. The predicted molar refractivity (Wildman–Crippen MR) is 120 cm³/mol. The first kappa shape index (κ1) is 22.2. The summed E-state index contributed by atoms with van der Waals surface area (Å²) in [6.45, 7) is 7.61. The lowest BCUT2D eigenvalue weighted by molar-refractivity contribution is -0.113. The molecule has 3 aromatic rings. The van der Waals surface area contributed by atoms with Gasteiger partial charge in [-0.25, -0.2) is 0 Å². The monoisotopic (exact) mass is 446 g/mol. The van der Waals surface area contributed by atoms with Gasteiger partial charge >= 0.3 is 0 Å². The molecule has 0 bridgehead atoms. The van der Waals surface area contributed by atoms with E-state index in [1.165, 1.54) is 23.1 Å². The van der Waals surface area contributed by atoms with Crippen molar-refractivity contribution in [2.45, 2.75) is 51.7 Å². The van der Waals surface area contributed by atoms with Crippen LogP contribution in [0, 0.1) is 0 Å². The van der Waals surface area contributed by atoms with Crippen molar-refractivity contribution in [3.05, 3.63) is 29.3 Å². The van der Waals surface area contributed by atoms with Gasteiger partial charge in [0, 0.05) is 12.1 Å². The number of benzene rings is 1. The second kappa shape index (κ2) is 11.1. The molecule has 1 N–H and O–H groups in total. The third-order valence-corrected chi connectivity index (χ3v) is 6.21. The Morgan fingerprint density at radius 3 is 2.60 bits per heavy atom. The molecular weight excluding hydrogens is 420 g/mol. The standard InChI is InChI=1S/C20H26N6O2S2/c1-4-7-12-28-15-10-8-14(9-11-15)18-23-25-20(26(18)6-3)29-13-16(27)21-19-24-22-17(5-2)30-19/h8-11H,4-7,12-13H2,1-3H3,(H,21,24,27). The van der Waals surface area contributed by atoms with E-state index in [-0.39, 0.29) is 11.7 Å². The van der Waals surface area contributed by atoms with Crippen molar-refractivity contribution in [2.24, 2.45) is 0 Å². The second-order valence-electron chi connectivity index (χ2n) is 6.47. The molecule has 1 amide bonds. The Hall–Kier alpha value is -2.46. The van der Waals surface area contributed by atoms with E-state index in [1.807, 2.05) is 42.7 Å². The number of thioether (sulfide) groups is 1. The van der Waals surface area contributed by atoms with Gasteiger partial charge < -0.3 is 9.30 Å². The summed E-state index contributed by atoms with van der Waals surface area (Å²) >= 11 is 2.75. The number of hydrogen-bond donors (Lipinski definition) is 1. The first-order chi connectivity index (χ1) is 14.6. The van der Waals surface area contributed by atoms with Crippen molar-refractivity contribution >= 4 is 34.1 Å². The number of amides is 1. The fourth-order valence-corrected chi connectivity index (χ4v) is 4.16. The van der Waals surface area contributed by atoms with Crippen LogP contribution in [0.5, 0.6) is 5.75 Å². The number of unbranched alkanes of at least 4 members (excludes halogenated alkanes) is 1. The highest BCUT2D eigenvalue weighted by molar-refractivity contribution is 7.99. The van der Waals surface area contributed by atoms with Gasteiger partial charge in [-0.3, -0.25) is 10.1 Å². The third kappa shape index (κ3) is 5.79. The number of ether oxygens (including phenoxy) is 1. The molecule has 2 aromatic heterocycles. The minimum Gasteiger partial charge on any atom is -0.494 e. The van der Waals surface area contributed by atoms with Gasteiger partial charge in [-0.15, -0.1) is 20.4 Å². The zero-order chi connectivity index (χ0) is 21.3. The molecule has 0 saturated heterocycles. The molecule has 0 radical (unpaired) electrons. The van der Waals surface area contributed by atoms with E-state index in [1.54, 1.807) is 0 Å². The molecule has 0 spiro atoms. The van der Waals surface area contributed by atoms with Gasteiger partial charge in [-0.1, -0.05) is 43.4 Å². The molecule has 0 saturated carbocycles. The zero-order valence-corrected chi connectivity index (χ0v) is 19.1. The average molecular weight is 447 g/mol. The Balaban J connectivity index is 1.61. The smallest absolute Gasteiger partial charge is 0.236 e. The Kier molecular flexibility index (Phi) is 8.21. The highest BCUT2D eigenvalue weighted by atomic mass is 32.2. The van der Waals surface area contributed by atoms with Crippen LogP contribution in [0.25, 0.3) is 11.4 Å². The van der Waals surface area contributed by atoms with E-state index < -0.39 is 0 Å². The fraction of sp³-hybridized carbons (Fsp3) is 0.450. The van der Waals surface area contributed by atoms with Crippen molar-refractivity contribution in [3.63, 3.8) is 0 Å². The quantitative estimate of drug-likeness (QED) is 0.347. The van der Waals surface area contributed by atoms with Crippen molar-refractivity contribution in [2.75, 3.05) is 17.7 Å². The average Bonchev–Trinajstić information content (AvgIpc) is 3.39. The maximum absolute atomic E-state index is 12.2. The van der Waals surface area contributed by atoms with Gasteiger partial charge in [0.25, 0.3) is 0 Å². The SMILES string of the molecule is CCCCOc1ccc(-c2nnc(SCC(=O)Nc3nnc(CC)s3)n2CC)cc1. The molecule has 30 heavy (non-hydrogen) atoms. The Morgan fingerprint density at radius 1 is 1.13 bits per heavy atom. The van der Waals surface area contributed by atoms with Gasteiger partial charge in [0.1, 0.15) is 10.8 Å². The van der Waals surface area contributed by atoms with Crippen LogP contribution >= 0.6 is 23.1 Å². The van der Waals surface area contributed by atoms with Crippen LogP contribution in [0.3, 0.4) is 0 Å². The first-order valence-corrected chi connectivity index (χ1v) is 11.9. The summed E-state index contributed by atoms with van der Waals surface area (Å²) in [5.41, 5.74) is 0.962. The number of aryl methyl sites for hydroxylation is 1. The molecule has 3 rings (SSSR count). The van der Waals surface area contributed by atoms with Crippen LogP contribution in [0.4, 0.5) is 5.13 Å². The van der Waals surface area contributed by atoms with Crippen LogP contribution in [0.15, 0.2) is 29.4 Å². The van der Waals surface area contributed by atoms with Crippen LogP contribution in [0.1, 0.15) is 38.6 Å². The molecule has 0 atom stereocenters. The number of anilines is 1. The number of carbonyl (C=O) groups excluding carboxylic acids is 1. The highest BCUT2D eigenvalue weighted by Crippen LogP contribution is 2.26. The van der Waals surface area contributed by atoms with Crippen molar-refractivity contribution in [3.8, 4) is 17.1 Å². The molecule has 10 heteroatoms.